The molecular weight excluding hydrogens is 394 g/mol. The van der Waals surface area contributed by atoms with E-state index < -0.39 is 0 Å². The second-order valence-electron chi connectivity index (χ2n) is 7.75. The Bertz CT molecular complexity index is 1340. The van der Waals surface area contributed by atoms with E-state index in [9.17, 15) is 9.59 Å². The number of hydrogen-bond donors (Lipinski definition) is 0. The zero-order valence-electron chi connectivity index (χ0n) is 16.9. The van der Waals surface area contributed by atoms with Gasteiger partial charge in [0.1, 0.15) is 0 Å². The molecule has 0 saturated carbocycles. The van der Waals surface area contributed by atoms with E-state index >= 15 is 0 Å². The molecule has 0 aliphatic heterocycles. The number of hydrogen-bond acceptors (Lipinski definition) is 4. The number of para-hydroxylation sites is 2. The van der Waals surface area contributed by atoms with Gasteiger partial charge in [-0.1, -0.05) is 42.1 Å². The van der Waals surface area contributed by atoms with E-state index in [-0.39, 0.29) is 11.5 Å². The van der Waals surface area contributed by atoms with Gasteiger partial charge in [-0.05, 0) is 49.4 Å². The van der Waals surface area contributed by atoms with E-state index in [0.717, 1.165) is 24.8 Å². The van der Waals surface area contributed by atoms with Gasteiger partial charge < -0.3 is 0 Å². The Labute approximate surface area is 178 Å². The number of carbonyl (C=O) groups is 1. The van der Waals surface area contributed by atoms with Gasteiger partial charge in [-0.2, -0.15) is 0 Å². The number of aromatic nitrogens is 3. The fraction of sp³-hybridized carbons (Fsp3) is 0.292. The summed E-state index contributed by atoms with van der Waals surface area (Å²) in [6.07, 6.45) is 4.73. The average Bonchev–Trinajstić information content (AvgIpc) is 3.11. The number of rotatable bonds is 4. The van der Waals surface area contributed by atoms with Crippen molar-refractivity contribution in [3.8, 4) is 0 Å². The van der Waals surface area contributed by atoms with Crippen molar-refractivity contribution in [1.82, 2.24) is 14.1 Å². The summed E-state index contributed by atoms with van der Waals surface area (Å²) in [5.74, 6) is 0.700. The lowest BCUT2D eigenvalue weighted by molar-refractivity contribution is 0.0912. The first-order valence-electron chi connectivity index (χ1n) is 10.4. The van der Waals surface area contributed by atoms with E-state index in [4.69, 9.17) is 0 Å². The summed E-state index contributed by atoms with van der Waals surface area (Å²) in [5.41, 5.74) is 4.19. The summed E-state index contributed by atoms with van der Waals surface area (Å²) >= 11 is 1.46. The number of fused-ring (bicyclic) bond motifs is 4. The molecule has 6 heteroatoms. The molecule has 5 nitrogen and oxygen atoms in total. The maximum Gasteiger partial charge on any atom is 0.261 e. The van der Waals surface area contributed by atoms with E-state index in [0.29, 0.717) is 28.2 Å². The van der Waals surface area contributed by atoms with Crippen LogP contribution in [0.25, 0.3) is 21.8 Å². The summed E-state index contributed by atoms with van der Waals surface area (Å²) in [5, 5.41) is 2.48. The van der Waals surface area contributed by atoms with Gasteiger partial charge >= 0.3 is 0 Å². The molecule has 4 aromatic rings. The van der Waals surface area contributed by atoms with Crippen molar-refractivity contribution in [2.24, 2.45) is 7.05 Å². The first kappa shape index (κ1) is 19.1. The minimum atomic E-state index is -0.0556. The molecule has 1 aliphatic carbocycles. The molecule has 0 unspecified atom stereocenters. The Morgan fingerprint density at radius 3 is 2.63 bits per heavy atom. The quantitative estimate of drug-likeness (QED) is 0.360. The van der Waals surface area contributed by atoms with Crippen molar-refractivity contribution < 1.29 is 4.79 Å². The Kier molecular flexibility index (Phi) is 4.95. The van der Waals surface area contributed by atoms with Crippen LogP contribution >= 0.6 is 11.8 Å². The number of aryl methyl sites for hydroxylation is 1. The summed E-state index contributed by atoms with van der Waals surface area (Å²) in [6, 6.07) is 15.6. The number of benzene rings is 2. The molecule has 30 heavy (non-hydrogen) atoms. The van der Waals surface area contributed by atoms with Crippen molar-refractivity contribution in [2.75, 3.05) is 5.75 Å². The van der Waals surface area contributed by atoms with Crippen LogP contribution in [0, 0.1) is 0 Å². The third-order valence-electron chi connectivity index (χ3n) is 5.92. The van der Waals surface area contributed by atoms with Gasteiger partial charge in [-0.3, -0.25) is 18.7 Å². The molecule has 0 atom stereocenters. The maximum absolute atomic E-state index is 13.2. The fourth-order valence-corrected chi connectivity index (χ4v) is 5.35. The molecular formula is C24H23N3O2S. The third kappa shape index (κ3) is 3.16. The van der Waals surface area contributed by atoms with Crippen LogP contribution in [0.1, 0.15) is 35.3 Å². The molecule has 0 N–H and O–H groups in total. The fourth-order valence-electron chi connectivity index (χ4n) is 4.45. The highest BCUT2D eigenvalue weighted by molar-refractivity contribution is 7.99. The molecule has 2 aromatic heterocycles. The Morgan fingerprint density at radius 2 is 1.77 bits per heavy atom. The van der Waals surface area contributed by atoms with Crippen LogP contribution in [0.5, 0.6) is 0 Å². The predicted octanol–water partition coefficient (Wildman–Crippen LogP) is 4.59. The number of nitrogens with zero attached hydrogens (tertiary/aromatic N) is 3. The highest BCUT2D eigenvalue weighted by atomic mass is 32.2. The molecule has 0 saturated heterocycles. The van der Waals surface area contributed by atoms with Crippen LogP contribution in [0.4, 0.5) is 0 Å². The summed E-state index contributed by atoms with van der Waals surface area (Å²) in [4.78, 5) is 30.4. The average molecular weight is 418 g/mol. The van der Waals surface area contributed by atoms with Crippen molar-refractivity contribution in [2.45, 2.75) is 37.3 Å². The summed E-state index contributed by atoms with van der Waals surface area (Å²) < 4.78 is 3.52. The Morgan fingerprint density at radius 1 is 1.03 bits per heavy atom. The zero-order valence-corrected chi connectivity index (χ0v) is 17.7. The van der Waals surface area contributed by atoms with Crippen LogP contribution in [0.2, 0.25) is 0 Å². The van der Waals surface area contributed by atoms with Crippen molar-refractivity contribution in [3.63, 3.8) is 0 Å². The number of thioether (sulfide) groups is 1. The van der Waals surface area contributed by atoms with Crippen LogP contribution in [0.15, 0.2) is 58.5 Å². The van der Waals surface area contributed by atoms with E-state index in [2.05, 4.69) is 11.1 Å². The minimum Gasteiger partial charge on any atom is -0.290 e. The van der Waals surface area contributed by atoms with Crippen LogP contribution in [-0.4, -0.2) is 25.8 Å². The topological polar surface area (TPSA) is 56.9 Å². The molecule has 0 bridgehead atoms. The van der Waals surface area contributed by atoms with Gasteiger partial charge in [-0.15, -0.1) is 0 Å². The lowest BCUT2D eigenvalue weighted by Crippen LogP contribution is -2.20. The molecule has 2 aromatic carbocycles. The lowest BCUT2D eigenvalue weighted by Gasteiger charge is -2.15. The second-order valence-corrected chi connectivity index (χ2v) is 8.81. The van der Waals surface area contributed by atoms with E-state index in [1.807, 2.05) is 41.0 Å². The minimum absolute atomic E-state index is 0.0556. The smallest absolute Gasteiger partial charge is 0.261 e. The monoisotopic (exact) mass is 417 g/mol. The second kappa shape index (κ2) is 7.76. The van der Waals surface area contributed by atoms with E-state index in [1.54, 1.807) is 17.7 Å². The molecule has 1 aliphatic rings. The zero-order chi connectivity index (χ0) is 20.7. The molecule has 0 fully saturated rings. The van der Waals surface area contributed by atoms with Crippen molar-refractivity contribution in [3.05, 3.63) is 70.1 Å². The first-order chi connectivity index (χ1) is 14.6. The molecule has 0 amide bonds. The summed E-state index contributed by atoms with van der Waals surface area (Å²) in [7, 11) is 1.74. The predicted molar refractivity (Wildman–Crippen MR) is 122 cm³/mol. The molecule has 5 rings (SSSR count). The SMILES string of the molecule is Cn1c(SCCC(=O)n2c3c(c4ccccc42)CCCC3)nc2ccccc2c1=O. The number of carbonyl (C=O) groups excluding carboxylic acids is 1. The highest BCUT2D eigenvalue weighted by Gasteiger charge is 2.23. The van der Waals surface area contributed by atoms with Crippen molar-refractivity contribution >= 4 is 39.5 Å². The Hall–Kier alpha value is -2.86. The van der Waals surface area contributed by atoms with Gasteiger partial charge in [-0.25, -0.2) is 4.98 Å². The molecule has 2 heterocycles. The largest absolute Gasteiger partial charge is 0.290 e. The van der Waals surface area contributed by atoms with Gasteiger partial charge in [0.25, 0.3) is 5.56 Å². The van der Waals surface area contributed by atoms with Crippen LogP contribution < -0.4 is 5.56 Å². The normalized spacial score (nSPS) is 13.6. The standard InChI is InChI=1S/C24H23N3O2S/c1-26-23(29)18-10-2-5-11-19(18)25-24(26)30-15-14-22(28)27-20-12-6-3-8-16(20)17-9-4-7-13-21(17)27/h2-3,5-6,8,10-12H,4,7,9,13-15H2,1H3. The molecule has 0 spiro atoms. The van der Waals surface area contributed by atoms with Crippen molar-refractivity contribution in [1.29, 1.82) is 0 Å². The van der Waals surface area contributed by atoms with Crippen LogP contribution in [-0.2, 0) is 19.9 Å². The Balaban J connectivity index is 1.40. The van der Waals surface area contributed by atoms with Gasteiger partial charge in [0.2, 0.25) is 5.91 Å². The summed E-state index contributed by atoms with van der Waals surface area (Å²) in [6.45, 7) is 0. The highest BCUT2D eigenvalue weighted by Crippen LogP contribution is 2.32. The van der Waals surface area contributed by atoms with Gasteiger partial charge in [0.15, 0.2) is 5.16 Å². The van der Waals surface area contributed by atoms with E-state index in [1.165, 1.54) is 34.8 Å². The maximum atomic E-state index is 13.2. The third-order valence-corrected chi connectivity index (χ3v) is 6.95. The molecule has 0 radical (unpaired) electrons. The van der Waals surface area contributed by atoms with Gasteiger partial charge in [0, 0.05) is 30.3 Å². The van der Waals surface area contributed by atoms with Crippen LogP contribution in [0.3, 0.4) is 0 Å². The van der Waals surface area contributed by atoms with Gasteiger partial charge in [0.05, 0.1) is 16.4 Å². The molecule has 152 valence electrons. The lowest BCUT2D eigenvalue weighted by atomic mass is 9.95. The first-order valence-corrected chi connectivity index (χ1v) is 11.4.